The van der Waals surface area contributed by atoms with E-state index in [1.807, 2.05) is 7.05 Å². The first-order chi connectivity index (χ1) is 5.00. The van der Waals surface area contributed by atoms with Gasteiger partial charge < -0.3 is 10.2 Å². The van der Waals surface area contributed by atoms with E-state index in [0.717, 1.165) is 0 Å². The fraction of sp³-hybridized carbons (Fsp3) is 1.00. The summed E-state index contributed by atoms with van der Waals surface area (Å²) in [6, 6.07) is 1.19. The third kappa shape index (κ3) is 3.21. The normalized spacial score (nSPS) is 17.5. The molecule has 1 N–H and O–H groups in total. The summed E-state index contributed by atoms with van der Waals surface area (Å²) in [5.41, 5.74) is 0. The maximum absolute atomic E-state index is 3.29. The Morgan fingerprint density at radius 3 is 1.64 bits per heavy atom. The first kappa shape index (κ1) is 10.9. The van der Waals surface area contributed by atoms with Gasteiger partial charge in [-0.15, -0.1) is 0 Å². The molecule has 0 aromatic carbocycles. The van der Waals surface area contributed by atoms with Gasteiger partial charge in [-0.25, -0.2) is 0 Å². The molecule has 0 aliphatic heterocycles. The van der Waals surface area contributed by atoms with Crippen molar-refractivity contribution in [1.29, 1.82) is 0 Å². The Balaban J connectivity index is 4.09. The number of likely N-dealkylation sites (N-methyl/N-ethyl adjacent to an activating group) is 2. The highest BCUT2D eigenvalue weighted by molar-refractivity contribution is 4.79. The molecule has 2 atom stereocenters. The largest absolute Gasteiger partial charge is 0.316 e. The van der Waals surface area contributed by atoms with Crippen LogP contribution in [0.15, 0.2) is 0 Å². The van der Waals surface area contributed by atoms with Crippen LogP contribution in [0.5, 0.6) is 0 Å². The molecule has 0 saturated carbocycles. The van der Waals surface area contributed by atoms with Crippen molar-refractivity contribution >= 4 is 0 Å². The Morgan fingerprint density at radius 1 is 1.09 bits per heavy atom. The molecule has 11 heavy (non-hydrogen) atoms. The highest BCUT2D eigenvalue weighted by Gasteiger charge is 2.20. The number of hydrogen-bond donors (Lipinski definition) is 1. The van der Waals surface area contributed by atoms with Crippen LogP contribution in [0.4, 0.5) is 0 Å². The maximum atomic E-state index is 3.29. The van der Waals surface area contributed by atoms with Crippen LogP contribution in [0.3, 0.4) is 0 Å². The second-order valence-electron chi connectivity index (χ2n) is 3.78. The van der Waals surface area contributed by atoms with E-state index in [2.05, 4.69) is 45.1 Å². The third-order valence-corrected chi connectivity index (χ3v) is 2.25. The van der Waals surface area contributed by atoms with E-state index in [0.29, 0.717) is 18.0 Å². The SMILES string of the molecule is CNC(C)C(C(C)C)N(C)C. The Labute approximate surface area is 71.0 Å². The van der Waals surface area contributed by atoms with Crippen LogP contribution in [0.1, 0.15) is 20.8 Å². The smallest absolute Gasteiger partial charge is 0.0263 e. The molecule has 0 aromatic heterocycles. The van der Waals surface area contributed by atoms with E-state index in [4.69, 9.17) is 0 Å². The van der Waals surface area contributed by atoms with Gasteiger partial charge in [0.1, 0.15) is 0 Å². The molecule has 2 unspecified atom stereocenters. The zero-order valence-electron chi connectivity index (χ0n) is 8.68. The minimum Gasteiger partial charge on any atom is -0.316 e. The van der Waals surface area contributed by atoms with Gasteiger partial charge in [0.15, 0.2) is 0 Å². The zero-order valence-corrected chi connectivity index (χ0v) is 8.68. The van der Waals surface area contributed by atoms with Crippen LogP contribution < -0.4 is 5.32 Å². The second-order valence-corrected chi connectivity index (χ2v) is 3.78. The molecule has 0 heterocycles. The van der Waals surface area contributed by atoms with Crippen molar-refractivity contribution < 1.29 is 0 Å². The van der Waals surface area contributed by atoms with Gasteiger partial charge in [0.25, 0.3) is 0 Å². The number of nitrogens with one attached hydrogen (secondary N) is 1. The van der Waals surface area contributed by atoms with Gasteiger partial charge in [-0.2, -0.15) is 0 Å². The van der Waals surface area contributed by atoms with Crippen LogP contribution in [0, 0.1) is 5.92 Å². The molecule has 0 aliphatic carbocycles. The van der Waals surface area contributed by atoms with Gasteiger partial charge >= 0.3 is 0 Å². The Bertz CT molecular complexity index is 91.7. The van der Waals surface area contributed by atoms with Crippen molar-refractivity contribution in [3.05, 3.63) is 0 Å². The molecule has 0 fully saturated rings. The lowest BCUT2D eigenvalue weighted by Crippen LogP contribution is -2.47. The van der Waals surface area contributed by atoms with Gasteiger partial charge in [-0.1, -0.05) is 13.8 Å². The molecule has 2 nitrogen and oxygen atoms in total. The monoisotopic (exact) mass is 158 g/mol. The van der Waals surface area contributed by atoms with Gasteiger partial charge in [-0.3, -0.25) is 0 Å². The van der Waals surface area contributed by atoms with Gasteiger partial charge in [-0.05, 0) is 34.0 Å². The van der Waals surface area contributed by atoms with E-state index in [-0.39, 0.29) is 0 Å². The fourth-order valence-electron chi connectivity index (χ4n) is 1.79. The quantitative estimate of drug-likeness (QED) is 0.661. The van der Waals surface area contributed by atoms with E-state index in [1.165, 1.54) is 0 Å². The minimum absolute atomic E-state index is 0.560. The molecule has 2 heteroatoms. The summed E-state index contributed by atoms with van der Waals surface area (Å²) in [6.07, 6.45) is 0. The first-order valence-corrected chi connectivity index (χ1v) is 4.34. The van der Waals surface area contributed by atoms with Crippen molar-refractivity contribution in [2.24, 2.45) is 5.92 Å². The van der Waals surface area contributed by atoms with E-state index < -0.39 is 0 Å². The van der Waals surface area contributed by atoms with Crippen molar-refractivity contribution in [2.45, 2.75) is 32.9 Å². The molecule has 0 rings (SSSR count). The first-order valence-electron chi connectivity index (χ1n) is 4.34. The van der Waals surface area contributed by atoms with Crippen molar-refractivity contribution in [1.82, 2.24) is 10.2 Å². The average Bonchev–Trinajstić information content (AvgIpc) is 1.85. The molecular formula is C9H22N2. The topological polar surface area (TPSA) is 15.3 Å². The molecule has 0 radical (unpaired) electrons. The molecule has 0 spiro atoms. The maximum Gasteiger partial charge on any atom is 0.0263 e. The zero-order chi connectivity index (χ0) is 9.02. The number of hydrogen-bond acceptors (Lipinski definition) is 2. The lowest BCUT2D eigenvalue weighted by atomic mass is 9.97. The molecule has 0 bridgehead atoms. The summed E-state index contributed by atoms with van der Waals surface area (Å²) in [5, 5.41) is 3.29. The van der Waals surface area contributed by atoms with Crippen LogP contribution in [-0.2, 0) is 0 Å². The number of nitrogens with zero attached hydrogens (tertiary/aromatic N) is 1. The Morgan fingerprint density at radius 2 is 1.55 bits per heavy atom. The van der Waals surface area contributed by atoms with Gasteiger partial charge in [0.2, 0.25) is 0 Å². The van der Waals surface area contributed by atoms with Crippen LogP contribution in [0.2, 0.25) is 0 Å². The minimum atomic E-state index is 0.560. The van der Waals surface area contributed by atoms with E-state index >= 15 is 0 Å². The number of rotatable bonds is 4. The Hall–Kier alpha value is -0.0800. The molecule has 0 amide bonds. The standard InChI is InChI=1S/C9H22N2/c1-7(2)9(11(5)6)8(3)10-4/h7-10H,1-6H3. The summed E-state index contributed by atoms with van der Waals surface area (Å²) in [5.74, 6) is 0.701. The lowest BCUT2D eigenvalue weighted by Gasteiger charge is -2.33. The van der Waals surface area contributed by atoms with Crippen molar-refractivity contribution in [3.63, 3.8) is 0 Å². The van der Waals surface area contributed by atoms with Crippen LogP contribution in [-0.4, -0.2) is 38.1 Å². The Kier molecular flexibility index (Phi) is 4.69. The van der Waals surface area contributed by atoms with Crippen LogP contribution >= 0.6 is 0 Å². The summed E-state index contributed by atoms with van der Waals surface area (Å²) >= 11 is 0. The predicted octanol–water partition coefficient (Wildman–Crippen LogP) is 1.18. The lowest BCUT2D eigenvalue weighted by molar-refractivity contribution is 0.189. The summed E-state index contributed by atoms with van der Waals surface area (Å²) in [7, 11) is 6.29. The summed E-state index contributed by atoms with van der Waals surface area (Å²) in [6.45, 7) is 6.75. The summed E-state index contributed by atoms with van der Waals surface area (Å²) in [4.78, 5) is 2.28. The van der Waals surface area contributed by atoms with E-state index in [9.17, 15) is 0 Å². The summed E-state index contributed by atoms with van der Waals surface area (Å²) < 4.78 is 0. The molecule has 0 saturated heterocycles. The molecule has 0 aromatic rings. The molecule has 68 valence electrons. The van der Waals surface area contributed by atoms with Crippen molar-refractivity contribution in [3.8, 4) is 0 Å². The third-order valence-electron chi connectivity index (χ3n) is 2.25. The van der Waals surface area contributed by atoms with Crippen LogP contribution in [0.25, 0.3) is 0 Å². The second kappa shape index (κ2) is 4.73. The average molecular weight is 158 g/mol. The molecular weight excluding hydrogens is 136 g/mol. The molecule has 0 aliphatic rings. The highest BCUT2D eigenvalue weighted by Crippen LogP contribution is 2.10. The predicted molar refractivity (Wildman–Crippen MR) is 50.8 cm³/mol. The van der Waals surface area contributed by atoms with Gasteiger partial charge in [0.05, 0.1) is 0 Å². The van der Waals surface area contributed by atoms with Gasteiger partial charge in [0, 0.05) is 12.1 Å². The van der Waals surface area contributed by atoms with Crippen molar-refractivity contribution in [2.75, 3.05) is 21.1 Å². The highest BCUT2D eigenvalue weighted by atomic mass is 15.1. The fourth-order valence-corrected chi connectivity index (χ4v) is 1.79. The van der Waals surface area contributed by atoms with E-state index in [1.54, 1.807) is 0 Å².